The molecule has 20 heavy (non-hydrogen) atoms. The van der Waals surface area contributed by atoms with E-state index in [2.05, 4.69) is 20.9 Å². The number of aromatic nitrogens is 1. The highest BCUT2D eigenvalue weighted by Crippen LogP contribution is 2.29. The monoisotopic (exact) mass is 335 g/mol. The summed E-state index contributed by atoms with van der Waals surface area (Å²) in [6.45, 7) is 0. The van der Waals surface area contributed by atoms with Gasteiger partial charge < -0.3 is 9.52 Å². The highest BCUT2D eigenvalue weighted by atomic mass is 79.9. The minimum absolute atomic E-state index is 0.119. The summed E-state index contributed by atoms with van der Waals surface area (Å²) >= 11 is 3.24. The normalized spacial score (nSPS) is 12.8. The first-order valence-corrected chi connectivity index (χ1v) is 6.91. The summed E-state index contributed by atoms with van der Waals surface area (Å²) in [6, 6.07) is 11.9. The first-order chi connectivity index (χ1) is 9.65. The number of aliphatic hydroxyl groups excluding tert-OH is 1. The molecule has 5 heteroatoms. The SMILES string of the molecule is OC(Cc1nc2ccccc2o1)c1c(F)cccc1Br. The summed E-state index contributed by atoms with van der Waals surface area (Å²) in [6.07, 6.45) is -0.896. The van der Waals surface area contributed by atoms with E-state index in [1.54, 1.807) is 18.2 Å². The predicted octanol–water partition coefficient (Wildman–Crippen LogP) is 4.01. The van der Waals surface area contributed by atoms with Crippen molar-refractivity contribution < 1.29 is 13.9 Å². The van der Waals surface area contributed by atoms with Gasteiger partial charge in [0.05, 0.1) is 12.5 Å². The molecule has 1 atom stereocenters. The van der Waals surface area contributed by atoms with Crippen LogP contribution in [0.15, 0.2) is 51.4 Å². The summed E-state index contributed by atoms with van der Waals surface area (Å²) in [5.74, 6) is -0.0724. The topological polar surface area (TPSA) is 46.3 Å². The molecular weight excluding hydrogens is 325 g/mol. The third-order valence-corrected chi connectivity index (χ3v) is 3.73. The second-order valence-corrected chi connectivity index (χ2v) is 5.28. The van der Waals surface area contributed by atoms with E-state index in [0.717, 1.165) is 5.52 Å². The van der Waals surface area contributed by atoms with Gasteiger partial charge in [0.2, 0.25) is 0 Å². The lowest BCUT2D eigenvalue weighted by Crippen LogP contribution is -2.05. The molecular formula is C15H11BrFNO2. The van der Waals surface area contributed by atoms with Gasteiger partial charge >= 0.3 is 0 Å². The van der Waals surface area contributed by atoms with Crippen molar-refractivity contribution in [1.82, 2.24) is 4.98 Å². The van der Waals surface area contributed by atoms with Gasteiger partial charge in [-0.05, 0) is 24.3 Å². The standard InChI is InChI=1S/C15H11BrFNO2/c16-9-4-3-5-10(17)15(9)12(19)8-14-18-11-6-1-2-7-13(11)20-14/h1-7,12,19H,8H2. The summed E-state index contributed by atoms with van der Waals surface area (Å²) in [4.78, 5) is 4.27. The summed E-state index contributed by atoms with van der Waals surface area (Å²) in [7, 11) is 0. The molecule has 0 saturated carbocycles. The summed E-state index contributed by atoms with van der Waals surface area (Å²) < 4.78 is 19.8. The lowest BCUT2D eigenvalue weighted by molar-refractivity contribution is 0.164. The Hall–Kier alpha value is -1.72. The van der Waals surface area contributed by atoms with Crippen LogP contribution in [0.3, 0.4) is 0 Å². The molecule has 0 aliphatic heterocycles. The molecule has 1 heterocycles. The van der Waals surface area contributed by atoms with Crippen molar-refractivity contribution in [2.24, 2.45) is 0 Å². The number of halogens is 2. The zero-order chi connectivity index (χ0) is 14.1. The number of aliphatic hydroxyl groups is 1. The average Bonchev–Trinajstić information content (AvgIpc) is 2.80. The number of hydrogen-bond acceptors (Lipinski definition) is 3. The number of nitrogens with zero attached hydrogens (tertiary/aromatic N) is 1. The fraction of sp³-hybridized carbons (Fsp3) is 0.133. The van der Waals surface area contributed by atoms with Crippen LogP contribution in [0.5, 0.6) is 0 Å². The van der Waals surface area contributed by atoms with Gasteiger partial charge in [0.15, 0.2) is 11.5 Å². The molecule has 1 N–H and O–H groups in total. The van der Waals surface area contributed by atoms with Gasteiger partial charge in [-0.2, -0.15) is 0 Å². The summed E-state index contributed by atoms with van der Waals surface area (Å²) in [5.41, 5.74) is 1.60. The Bertz CT molecular complexity index is 703. The van der Waals surface area contributed by atoms with E-state index in [9.17, 15) is 9.50 Å². The third-order valence-electron chi connectivity index (χ3n) is 3.04. The van der Waals surface area contributed by atoms with Gasteiger partial charge in [0, 0.05) is 10.0 Å². The lowest BCUT2D eigenvalue weighted by atomic mass is 10.1. The largest absolute Gasteiger partial charge is 0.441 e. The molecule has 0 radical (unpaired) electrons. The van der Waals surface area contributed by atoms with Crippen molar-refractivity contribution in [2.75, 3.05) is 0 Å². The Morgan fingerprint density at radius 3 is 2.75 bits per heavy atom. The van der Waals surface area contributed by atoms with Crippen LogP contribution in [0.2, 0.25) is 0 Å². The molecule has 0 saturated heterocycles. The predicted molar refractivity (Wildman–Crippen MR) is 76.8 cm³/mol. The molecule has 0 aliphatic rings. The molecule has 0 aliphatic carbocycles. The Morgan fingerprint density at radius 1 is 1.20 bits per heavy atom. The van der Waals surface area contributed by atoms with Gasteiger partial charge in [-0.3, -0.25) is 0 Å². The molecule has 3 aromatic rings. The van der Waals surface area contributed by atoms with Crippen LogP contribution in [0.25, 0.3) is 11.1 Å². The zero-order valence-electron chi connectivity index (χ0n) is 10.4. The first kappa shape index (κ1) is 13.3. The number of benzene rings is 2. The van der Waals surface area contributed by atoms with Crippen molar-refractivity contribution >= 4 is 27.0 Å². The van der Waals surface area contributed by atoms with Gasteiger partial charge in [-0.1, -0.05) is 34.1 Å². The van der Waals surface area contributed by atoms with Crippen LogP contribution in [-0.4, -0.2) is 10.1 Å². The second-order valence-electron chi connectivity index (χ2n) is 4.43. The van der Waals surface area contributed by atoms with Crippen LogP contribution in [0.1, 0.15) is 17.6 Å². The van der Waals surface area contributed by atoms with Crippen LogP contribution in [0, 0.1) is 5.82 Å². The lowest BCUT2D eigenvalue weighted by Gasteiger charge is -2.11. The number of fused-ring (bicyclic) bond motifs is 1. The number of hydrogen-bond donors (Lipinski definition) is 1. The molecule has 0 spiro atoms. The van der Waals surface area contributed by atoms with Crippen molar-refractivity contribution in [3.8, 4) is 0 Å². The highest BCUT2D eigenvalue weighted by molar-refractivity contribution is 9.10. The zero-order valence-corrected chi connectivity index (χ0v) is 12.0. The Balaban J connectivity index is 1.90. The molecule has 2 aromatic carbocycles. The molecule has 0 amide bonds. The smallest absolute Gasteiger partial charge is 0.198 e. The Kier molecular flexibility index (Phi) is 3.54. The maximum Gasteiger partial charge on any atom is 0.198 e. The van der Waals surface area contributed by atoms with Gasteiger partial charge in [-0.25, -0.2) is 9.37 Å². The maximum atomic E-state index is 13.8. The van der Waals surface area contributed by atoms with Gasteiger partial charge in [0.25, 0.3) is 0 Å². The van der Waals surface area contributed by atoms with Crippen LogP contribution >= 0.6 is 15.9 Å². The first-order valence-electron chi connectivity index (χ1n) is 6.11. The Morgan fingerprint density at radius 2 is 2.00 bits per heavy atom. The maximum absolute atomic E-state index is 13.8. The van der Waals surface area contributed by atoms with Crippen LogP contribution in [0.4, 0.5) is 4.39 Å². The van der Waals surface area contributed by atoms with Gasteiger partial charge in [0.1, 0.15) is 11.3 Å². The average molecular weight is 336 g/mol. The minimum Gasteiger partial charge on any atom is -0.441 e. The fourth-order valence-electron chi connectivity index (χ4n) is 2.10. The number of oxazole rings is 1. The molecule has 1 unspecified atom stereocenters. The molecule has 0 bridgehead atoms. The van der Waals surface area contributed by atoms with Crippen molar-refractivity contribution in [2.45, 2.75) is 12.5 Å². The molecule has 102 valence electrons. The van der Waals surface area contributed by atoms with E-state index in [4.69, 9.17) is 4.42 Å². The van der Waals surface area contributed by atoms with E-state index >= 15 is 0 Å². The van der Waals surface area contributed by atoms with Crippen molar-refractivity contribution in [3.05, 3.63) is 64.2 Å². The van der Waals surface area contributed by atoms with Crippen LogP contribution in [-0.2, 0) is 6.42 Å². The number of rotatable bonds is 3. The Labute approximate surface area is 123 Å². The molecule has 3 rings (SSSR count). The van der Waals surface area contributed by atoms with E-state index < -0.39 is 11.9 Å². The van der Waals surface area contributed by atoms with Crippen molar-refractivity contribution in [3.63, 3.8) is 0 Å². The molecule has 3 nitrogen and oxygen atoms in total. The van der Waals surface area contributed by atoms with Crippen LogP contribution < -0.4 is 0 Å². The van der Waals surface area contributed by atoms with E-state index in [-0.39, 0.29) is 12.0 Å². The van der Waals surface area contributed by atoms with E-state index in [1.807, 2.05) is 18.2 Å². The van der Waals surface area contributed by atoms with Crippen molar-refractivity contribution in [1.29, 1.82) is 0 Å². The second kappa shape index (κ2) is 5.34. The highest BCUT2D eigenvalue weighted by Gasteiger charge is 2.19. The quantitative estimate of drug-likeness (QED) is 0.786. The van der Waals surface area contributed by atoms with Gasteiger partial charge in [-0.15, -0.1) is 0 Å². The fourth-order valence-corrected chi connectivity index (χ4v) is 2.71. The molecule has 1 aromatic heterocycles. The van der Waals surface area contributed by atoms with E-state index in [0.29, 0.717) is 15.9 Å². The summed E-state index contributed by atoms with van der Waals surface area (Å²) in [5, 5.41) is 10.2. The number of para-hydroxylation sites is 2. The minimum atomic E-state index is -1.02. The van der Waals surface area contributed by atoms with E-state index in [1.165, 1.54) is 6.07 Å². The third kappa shape index (κ3) is 2.46. The molecule has 0 fully saturated rings.